The predicted octanol–water partition coefficient (Wildman–Crippen LogP) is 0.350. The number of anilines is 1. The van der Waals surface area contributed by atoms with Gasteiger partial charge in [0.15, 0.2) is 6.10 Å². The van der Waals surface area contributed by atoms with E-state index < -0.39 is 11.9 Å². The quantitative estimate of drug-likeness (QED) is 0.640. The van der Waals surface area contributed by atoms with Gasteiger partial charge in [-0.3, -0.25) is 4.99 Å². The van der Waals surface area contributed by atoms with Crippen LogP contribution in [0.4, 0.5) is 5.69 Å². The van der Waals surface area contributed by atoms with E-state index in [0.717, 1.165) is 31.2 Å². The fourth-order valence-electron chi connectivity index (χ4n) is 2.39. The van der Waals surface area contributed by atoms with Crippen LogP contribution < -0.4 is 15.0 Å². The van der Waals surface area contributed by atoms with Gasteiger partial charge in [-0.25, -0.2) is 9.59 Å². The summed E-state index contributed by atoms with van der Waals surface area (Å²) in [6.07, 6.45) is 0.0381. The maximum absolute atomic E-state index is 9.10. The van der Waals surface area contributed by atoms with Crippen molar-refractivity contribution < 1.29 is 24.5 Å². The first-order chi connectivity index (χ1) is 10.9. The van der Waals surface area contributed by atoms with Crippen LogP contribution in [0, 0.1) is 6.92 Å². The fraction of sp³-hybridized carbons (Fsp3) is 0.400. The number of likely N-dealkylation sites (N-methyl/N-ethyl adjacent to an activating group) is 1. The van der Waals surface area contributed by atoms with E-state index in [4.69, 9.17) is 24.5 Å². The van der Waals surface area contributed by atoms with Crippen molar-refractivity contribution in [1.29, 1.82) is 0 Å². The van der Waals surface area contributed by atoms with Gasteiger partial charge in [0.1, 0.15) is 11.6 Å². The Morgan fingerprint density at radius 1 is 1.35 bits per heavy atom. The Kier molecular flexibility index (Phi) is 5.05. The molecule has 23 heavy (non-hydrogen) atoms. The Balaban J connectivity index is 0.000000277. The lowest BCUT2D eigenvalue weighted by Crippen LogP contribution is -2.46. The number of nitrogens with zero attached hydrogens (tertiary/aromatic N) is 2. The van der Waals surface area contributed by atoms with Crippen molar-refractivity contribution in [2.45, 2.75) is 13.0 Å². The molecule has 8 nitrogen and oxygen atoms in total. The van der Waals surface area contributed by atoms with Crippen molar-refractivity contribution in [2.24, 2.45) is 4.99 Å². The van der Waals surface area contributed by atoms with E-state index in [9.17, 15) is 0 Å². The van der Waals surface area contributed by atoms with Crippen LogP contribution >= 0.6 is 0 Å². The molecule has 1 atom stereocenters. The number of hydrogen-bond donors (Lipinski definition) is 3. The van der Waals surface area contributed by atoms with Gasteiger partial charge in [-0.05, 0) is 18.6 Å². The minimum atomic E-state index is -1.82. The van der Waals surface area contributed by atoms with Gasteiger partial charge >= 0.3 is 11.9 Å². The number of aryl methyl sites for hydroxylation is 1. The minimum absolute atomic E-state index is 0.0381. The molecule has 2 aliphatic rings. The van der Waals surface area contributed by atoms with Crippen LogP contribution in [0.25, 0.3) is 0 Å². The molecule has 2 aliphatic heterocycles. The predicted molar refractivity (Wildman–Crippen MR) is 84.4 cm³/mol. The first kappa shape index (κ1) is 16.6. The number of carboxylic acids is 2. The summed E-state index contributed by atoms with van der Waals surface area (Å²) in [5.74, 6) is -1.67. The summed E-state index contributed by atoms with van der Waals surface area (Å²) in [6, 6.07) is 6.25. The SMILES string of the molecule is Cc1cccc2c1OC(C1=NCCN1)CN2C.O=C(O)C(=O)O. The van der Waals surface area contributed by atoms with Gasteiger partial charge < -0.3 is 25.2 Å². The Morgan fingerprint density at radius 3 is 2.61 bits per heavy atom. The second-order valence-corrected chi connectivity index (χ2v) is 5.21. The van der Waals surface area contributed by atoms with E-state index >= 15 is 0 Å². The zero-order chi connectivity index (χ0) is 17.0. The van der Waals surface area contributed by atoms with E-state index in [1.54, 1.807) is 0 Å². The molecule has 0 amide bonds. The Labute approximate surface area is 133 Å². The first-order valence-electron chi connectivity index (χ1n) is 7.12. The summed E-state index contributed by atoms with van der Waals surface area (Å²) in [6.45, 7) is 4.72. The molecule has 0 radical (unpaired) electrons. The lowest BCUT2D eigenvalue weighted by Gasteiger charge is -2.34. The average molecular weight is 321 g/mol. The first-order valence-corrected chi connectivity index (χ1v) is 7.12. The molecular formula is C15H19N3O5. The summed E-state index contributed by atoms with van der Waals surface area (Å²) >= 11 is 0. The highest BCUT2D eigenvalue weighted by Crippen LogP contribution is 2.35. The fourth-order valence-corrected chi connectivity index (χ4v) is 2.39. The van der Waals surface area contributed by atoms with Crippen molar-refractivity contribution in [2.75, 3.05) is 31.6 Å². The highest BCUT2D eigenvalue weighted by atomic mass is 16.5. The number of hydrogen-bond acceptors (Lipinski definition) is 6. The second kappa shape index (κ2) is 6.99. The smallest absolute Gasteiger partial charge is 0.414 e. The van der Waals surface area contributed by atoms with Gasteiger partial charge in [-0.1, -0.05) is 12.1 Å². The Bertz CT molecular complexity index is 632. The number of rotatable bonds is 1. The van der Waals surface area contributed by atoms with Crippen molar-refractivity contribution in [1.82, 2.24) is 5.32 Å². The molecule has 0 aliphatic carbocycles. The number of benzene rings is 1. The van der Waals surface area contributed by atoms with E-state index in [1.807, 2.05) is 0 Å². The number of ether oxygens (including phenoxy) is 1. The maximum atomic E-state index is 9.10. The number of aliphatic carboxylic acids is 2. The molecule has 1 unspecified atom stereocenters. The topological polar surface area (TPSA) is 111 Å². The maximum Gasteiger partial charge on any atom is 0.414 e. The van der Waals surface area contributed by atoms with E-state index in [2.05, 4.69) is 47.4 Å². The molecule has 1 aromatic rings. The largest absolute Gasteiger partial charge is 0.478 e. The number of amidine groups is 1. The monoisotopic (exact) mass is 321 g/mol. The summed E-state index contributed by atoms with van der Waals surface area (Å²) in [4.78, 5) is 24.9. The molecule has 0 saturated carbocycles. The highest BCUT2D eigenvalue weighted by molar-refractivity contribution is 6.27. The van der Waals surface area contributed by atoms with Crippen molar-refractivity contribution in [3.05, 3.63) is 23.8 Å². The third kappa shape index (κ3) is 3.91. The number of carbonyl (C=O) groups is 2. The lowest BCUT2D eigenvalue weighted by atomic mass is 10.1. The van der Waals surface area contributed by atoms with Gasteiger partial charge in [0, 0.05) is 13.6 Å². The molecule has 0 spiro atoms. The number of fused-ring (bicyclic) bond motifs is 1. The summed E-state index contributed by atoms with van der Waals surface area (Å²) in [7, 11) is 2.10. The molecule has 0 aromatic heterocycles. The molecule has 1 aromatic carbocycles. The molecule has 124 valence electrons. The van der Waals surface area contributed by atoms with Crippen molar-refractivity contribution in [3.63, 3.8) is 0 Å². The zero-order valence-corrected chi connectivity index (χ0v) is 12.9. The van der Waals surface area contributed by atoms with Crippen LogP contribution in [-0.4, -0.2) is 60.8 Å². The number of carboxylic acid groups (broad SMARTS) is 2. The molecule has 0 bridgehead atoms. The standard InChI is InChI=1S/C13H17N3O.C2H2O4/c1-9-4-3-5-10-12(9)17-11(8-16(10)2)13-14-6-7-15-13;3-1(4)2(5)6/h3-5,11H,6-8H2,1-2H3,(H,14,15);(H,3,4)(H,5,6). The lowest BCUT2D eigenvalue weighted by molar-refractivity contribution is -0.159. The number of para-hydroxylation sites is 1. The molecule has 3 N–H and O–H groups in total. The van der Waals surface area contributed by atoms with E-state index in [1.165, 1.54) is 11.3 Å². The summed E-state index contributed by atoms with van der Waals surface area (Å²) in [5, 5.41) is 18.1. The van der Waals surface area contributed by atoms with Gasteiger partial charge in [-0.2, -0.15) is 0 Å². The summed E-state index contributed by atoms with van der Waals surface area (Å²) < 4.78 is 6.08. The van der Waals surface area contributed by atoms with Crippen LogP contribution in [-0.2, 0) is 9.59 Å². The minimum Gasteiger partial charge on any atom is -0.478 e. The van der Waals surface area contributed by atoms with Crippen LogP contribution in [0.3, 0.4) is 0 Å². The number of nitrogens with one attached hydrogen (secondary N) is 1. The molecule has 2 heterocycles. The Morgan fingerprint density at radius 2 is 2.04 bits per heavy atom. The molecule has 0 saturated heterocycles. The highest BCUT2D eigenvalue weighted by Gasteiger charge is 2.29. The van der Waals surface area contributed by atoms with Gasteiger partial charge in [0.2, 0.25) is 0 Å². The number of aliphatic imine (C=N–C) groups is 1. The van der Waals surface area contributed by atoms with Crippen LogP contribution in [0.2, 0.25) is 0 Å². The van der Waals surface area contributed by atoms with Crippen molar-refractivity contribution in [3.8, 4) is 5.75 Å². The third-order valence-corrected chi connectivity index (χ3v) is 3.49. The van der Waals surface area contributed by atoms with E-state index in [0.29, 0.717) is 0 Å². The third-order valence-electron chi connectivity index (χ3n) is 3.49. The average Bonchev–Trinajstić information content (AvgIpc) is 3.03. The molecule has 3 rings (SSSR count). The Hall–Kier alpha value is -2.77. The van der Waals surface area contributed by atoms with Crippen molar-refractivity contribution >= 4 is 23.5 Å². The zero-order valence-electron chi connectivity index (χ0n) is 12.9. The van der Waals surface area contributed by atoms with Gasteiger partial charge in [0.05, 0.1) is 18.8 Å². The second-order valence-electron chi connectivity index (χ2n) is 5.21. The van der Waals surface area contributed by atoms with Crippen LogP contribution in [0.1, 0.15) is 5.56 Å². The van der Waals surface area contributed by atoms with Gasteiger partial charge in [-0.15, -0.1) is 0 Å². The van der Waals surface area contributed by atoms with Gasteiger partial charge in [0.25, 0.3) is 0 Å². The molecule has 8 heteroatoms. The van der Waals surface area contributed by atoms with Crippen LogP contribution in [0.5, 0.6) is 5.75 Å². The van der Waals surface area contributed by atoms with E-state index in [-0.39, 0.29) is 6.10 Å². The normalized spacial score (nSPS) is 18.6. The molecule has 0 fully saturated rings. The summed E-state index contributed by atoms with van der Waals surface area (Å²) in [5.41, 5.74) is 2.34. The van der Waals surface area contributed by atoms with Crippen LogP contribution in [0.15, 0.2) is 23.2 Å². The molecular weight excluding hydrogens is 302 g/mol.